The number of fused-ring (bicyclic) bond motifs is 1. The molecule has 0 aliphatic carbocycles. The minimum Gasteiger partial charge on any atom is -0.454 e. The van der Waals surface area contributed by atoms with Gasteiger partial charge in [0.1, 0.15) is 5.82 Å². The third-order valence-electron chi connectivity index (χ3n) is 5.01. The van der Waals surface area contributed by atoms with Crippen LogP contribution < -0.4 is 14.8 Å². The zero-order chi connectivity index (χ0) is 20.4. The van der Waals surface area contributed by atoms with Crippen LogP contribution >= 0.6 is 0 Å². The summed E-state index contributed by atoms with van der Waals surface area (Å²) in [6.45, 7) is 10.5. The quantitative estimate of drug-likeness (QED) is 0.857. The van der Waals surface area contributed by atoms with Crippen molar-refractivity contribution in [3.8, 4) is 11.5 Å². The molecular formula is C22H28N4O3. The van der Waals surface area contributed by atoms with Crippen LogP contribution in [-0.4, -0.2) is 59.2 Å². The number of amides is 1. The average Bonchev–Trinajstić information content (AvgIpc) is 3.15. The molecule has 2 aromatic rings. The molecule has 1 N–H and O–H groups in total. The molecule has 0 unspecified atom stereocenters. The summed E-state index contributed by atoms with van der Waals surface area (Å²) in [5, 5.41) is 3.32. The summed E-state index contributed by atoms with van der Waals surface area (Å²) < 4.78 is 10.8. The summed E-state index contributed by atoms with van der Waals surface area (Å²) in [6, 6.07) is 9.71. The van der Waals surface area contributed by atoms with Crippen molar-refractivity contribution in [3.05, 3.63) is 47.7 Å². The van der Waals surface area contributed by atoms with Gasteiger partial charge in [0, 0.05) is 50.0 Å². The number of anilines is 1. The lowest BCUT2D eigenvalue weighted by Crippen LogP contribution is -2.48. The molecule has 0 atom stereocenters. The van der Waals surface area contributed by atoms with Gasteiger partial charge in [0.15, 0.2) is 11.5 Å². The van der Waals surface area contributed by atoms with Crippen LogP contribution in [-0.2, 0) is 6.54 Å². The third kappa shape index (κ3) is 4.79. The first-order valence-electron chi connectivity index (χ1n) is 10.0. The Bertz CT molecular complexity index is 886. The van der Waals surface area contributed by atoms with Crippen LogP contribution in [0.15, 0.2) is 36.5 Å². The van der Waals surface area contributed by atoms with Crippen LogP contribution in [0.3, 0.4) is 0 Å². The Labute approximate surface area is 171 Å². The number of hydrogen-bond acceptors (Lipinski definition) is 6. The van der Waals surface area contributed by atoms with Gasteiger partial charge in [-0.2, -0.15) is 0 Å². The normalized spacial score (nSPS) is 16.7. The van der Waals surface area contributed by atoms with Crippen LogP contribution in [0.25, 0.3) is 0 Å². The monoisotopic (exact) mass is 396 g/mol. The molecule has 4 rings (SSSR count). The van der Waals surface area contributed by atoms with Gasteiger partial charge in [-0.05, 0) is 50.6 Å². The number of hydrogen-bond donors (Lipinski definition) is 1. The topological polar surface area (TPSA) is 66.9 Å². The molecule has 0 saturated carbocycles. The van der Waals surface area contributed by atoms with Gasteiger partial charge >= 0.3 is 0 Å². The Morgan fingerprint density at radius 1 is 1.07 bits per heavy atom. The van der Waals surface area contributed by atoms with E-state index in [9.17, 15) is 4.79 Å². The Morgan fingerprint density at radius 2 is 1.83 bits per heavy atom. The number of carbonyl (C=O) groups is 1. The maximum atomic E-state index is 12.9. The van der Waals surface area contributed by atoms with E-state index >= 15 is 0 Å². The molecule has 1 amide bonds. The lowest BCUT2D eigenvalue weighted by atomic mass is 10.1. The van der Waals surface area contributed by atoms with Crippen molar-refractivity contribution in [2.24, 2.45) is 0 Å². The van der Waals surface area contributed by atoms with Crippen LogP contribution in [0.4, 0.5) is 5.82 Å². The molecular weight excluding hydrogens is 368 g/mol. The molecule has 7 nitrogen and oxygen atoms in total. The number of carbonyl (C=O) groups excluding carboxylic acids is 1. The summed E-state index contributed by atoms with van der Waals surface area (Å²) in [5.74, 6) is 2.41. The molecule has 1 saturated heterocycles. The smallest absolute Gasteiger partial charge is 0.254 e. The number of ether oxygens (including phenoxy) is 2. The van der Waals surface area contributed by atoms with Crippen LogP contribution in [0.1, 0.15) is 36.7 Å². The fourth-order valence-corrected chi connectivity index (χ4v) is 3.61. The van der Waals surface area contributed by atoms with Gasteiger partial charge in [0.2, 0.25) is 6.79 Å². The molecule has 1 aromatic heterocycles. The van der Waals surface area contributed by atoms with Crippen molar-refractivity contribution in [1.82, 2.24) is 14.8 Å². The van der Waals surface area contributed by atoms with Gasteiger partial charge in [0.25, 0.3) is 5.91 Å². The van der Waals surface area contributed by atoms with Crippen LogP contribution in [0.5, 0.6) is 11.5 Å². The second-order valence-electron chi connectivity index (χ2n) is 8.56. The van der Waals surface area contributed by atoms with E-state index < -0.39 is 0 Å². The van der Waals surface area contributed by atoms with E-state index in [1.54, 1.807) is 12.3 Å². The first-order chi connectivity index (χ1) is 13.9. The standard InChI is InChI=1S/C22H28N4O3/c1-22(2,3)24-20-13-17(6-7-23-20)21(27)26-10-8-25(9-11-26)14-16-4-5-18-19(12-16)29-15-28-18/h4-7,12-13H,8-11,14-15H2,1-3H3,(H,23,24). The maximum Gasteiger partial charge on any atom is 0.254 e. The number of nitrogens with zero attached hydrogens (tertiary/aromatic N) is 3. The van der Waals surface area contributed by atoms with E-state index in [0.29, 0.717) is 25.4 Å². The predicted molar refractivity (Wildman–Crippen MR) is 111 cm³/mol. The molecule has 154 valence electrons. The Kier molecular flexibility index (Phi) is 5.32. The molecule has 3 heterocycles. The number of nitrogens with one attached hydrogen (secondary N) is 1. The zero-order valence-corrected chi connectivity index (χ0v) is 17.3. The van der Waals surface area contributed by atoms with Gasteiger partial charge in [-0.25, -0.2) is 4.98 Å². The summed E-state index contributed by atoms with van der Waals surface area (Å²) in [6.07, 6.45) is 1.69. The Morgan fingerprint density at radius 3 is 2.59 bits per heavy atom. The molecule has 0 radical (unpaired) electrons. The molecule has 7 heteroatoms. The lowest BCUT2D eigenvalue weighted by Gasteiger charge is -2.35. The molecule has 0 spiro atoms. The van der Waals surface area contributed by atoms with Crippen molar-refractivity contribution in [1.29, 1.82) is 0 Å². The minimum atomic E-state index is -0.102. The first-order valence-corrected chi connectivity index (χ1v) is 10.0. The molecule has 2 aliphatic heterocycles. The number of aromatic nitrogens is 1. The number of pyridine rings is 1. The van der Waals surface area contributed by atoms with Crippen molar-refractivity contribution < 1.29 is 14.3 Å². The molecule has 0 bridgehead atoms. The predicted octanol–water partition coefficient (Wildman–Crippen LogP) is 2.98. The number of benzene rings is 1. The van der Waals surface area contributed by atoms with Crippen molar-refractivity contribution in [3.63, 3.8) is 0 Å². The van der Waals surface area contributed by atoms with Gasteiger partial charge in [0.05, 0.1) is 0 Å². The Balaban J connectivity index is 1.33. The highest BCUT2D eigenvalue weighted by molar-refractivity contribution is 5.94. The molecule has 2 aliphatic rings. The van der Waals surface area contributed by atoms with Crippen LogP contribution in [0.2, 0.25) is 0 Å². The van der Waals surface area contributed by atoms with Crippen molar-refractivity contribution in [2.75, 3.05) is 38.3 Å². The Hall–Kier alpha value is -2.80. The van der Waals surface area contributed by atoms with Gasteiger partial charge in [-0.3, -0.25) is 9.69 Å². The van der Waals surface area contributed by atoms with Crippen molar-refractivity contribution in [2.45, 2.75) is 32.9 Å². The fourth-order valence-electron chi connectivity index (χ4n) is 3.61. The van der Waals surface area contributed by atoms with E-state index in [1.807, 2.05) is 23.1 Å². The van der Waals surface area contributed by atoms with Gasteiger partial charge < -0.3 is 19.7 Å². The molecule has 1 aromatic carbocycles. The van der Waals surface area contributed by atoms with Crippen LogP contribution in [0, 0.1) is 0 Å². The second-order valence-corrected chi connectivity index (χ2v) is 8.56. The summed E-state index contributed by atoms with van der Waals surface area (Å²) in [4.78, 5) is 21.5. The van der Waals surface area contributed by atoms with E-state index in [2.05, 4.69) is 42.0 Å². The summed E-state index contributed by atoms with van der Waals surface area (Å²) in [7, 11) is 0. The van der Waals surface area contributed by atoms with E-state index in [1.165, 1.54) is 5.56 Å². The highest BCUT2D eigenvalue weighted by Crippen LogP contribution is 2.32. The number of rotatable bonds is 4. The SMILES string of the molecule is CC(C)(C)Nc1cc(C(=O)N2CCN(Cc3ccc4c(c3)OCO4)CC2)ccn1. The zero-order valence-electron chi connectivity index (χ0n) is 17.3. The highest BCUT2D eigenvalue weighted by atomic mass is 16.7. The average molecular weight is 396 g/mol. The van der Waals surface area contributed by atoms with Crippen molar-refractivity contribution >= 4 is 11.7 Å². The summed E-state index contributed by atoms with van der Waals surface area (Å²) >= 11 is 0. The fraction of sp³-hybridized carbons (Fsp3) is 0.455. The number of piperazine rings is 1. The largest absolute Gasteiger partial charge is 0.454 e. The van der Waals surface area contributed by atoms with Gasteiger partial charge in [-0.1, -0.05) is 6.07 Å². The third-order valence-corrected chi connectivity index (χ3v) is 5.01. The highest BCUT2D eigenvalue weighted by Gasteiger charge is 2.23. The van der Waals surface area contributed by atoms with E-state index in [-0.39, 0.29) is 11.4 Å². The first kappa shape index (κ1) is 19.5. The lowest BCUT2D eigenvalue weighted by molar-refractivity contribution is 0.0628. The second kappa shape index (κ2) is 7.91. The maximum absolute atomic E-state index is 12.9. The van der Waals surface area contributed by atoms with Gasteiger partial charge in [-0.15, -0.1) is 0 Å². The van der Waals surface area contributed by atoms with E-state index in [4.69, 9.17) is 9.47 Å². The minimum absolute atomic E-state index is 0.0621. The van der Waals surface area contributed by atoms with E-state index in [0.717, 1.165) is 37.0 Å². The molecule has 29 heavy (non-hydrogen) atoms. The molecule has 1 fully saturated rings. The summed E-state index contributed by atoms with van der Waals surface area (Å²) in [5.41, 5.74) is 1.77.